The van der Waals surface area contributed by atoms with Crippen molar-refractivity contribution in [3.05, 3.63) is 90.1 Å². The SMILES string of the molecule is C[C@@H]1CC[C@H](C)N1c1nc(-c2ccc(OC(C)(N)COCc3ccccc3)nc2)ccc1C(=O)NS(=O)(=O)c1cccc(N)n1. The second-order valence-electron chi connectivity index (χ2n) is 11.4. The molecule has 3 atom stereocenters. The summed E-state index contributed by atoms with van der Waals surface area (Å²) in [5, 5.41) is -0.352. The number of rotatable bonds is 11. The van der Waals surface area contributed by atoms with Gasteiger partial charge in [0.05, 0.1) is 17.9 Å². The van der Waals surface area contributed by atoms with E-state index in [1.807, 2.05) is 49.1 Å². The van der Waals surface area contributed by atoms with Crippen LogP contribution in [0.5, 0.6) is 5.88 Å². The molecule has 13 heteroatoms. The molecule has 45 heavy (non-hydrogen) atoms. The van der Waals surface area contributed by atoms with Gasteiger partial charge < -0.3 is 20.1 Å². The minimum absolute atomic E-state index is 0.0225. The van der Waals surface area contributed by atoms with E-state index in [4.69, 9.17) is 25.9 Å². The number of hydrogen-bond acceptors (Lipinski definition) is 11. The van der Waals surface area contributed by atoms with E-state index in [9.17, 15) is 13.2 Å². The van der Waals surface area contributed by atoms with E-state index in [0.717, 1.165) is 18.4 Å². The summed E-state index contributed by atoms with van der Waals surface area (Å²) in [6.45, 7) is 6.37. The van der Waals surface area contributed by atoms with E-state index in [0.29, 0.717) is 29.6 Å². The number of anilines is 2. The van der Waals surface area contributed by atoms with Crippen LogP contribution in [0, 0.1) is 0 Å². The van der Waals surface area contributed by atoms with Crippen LogP contribution in [0.15, 0.2) is 84.0 Å². The Labute approximate surface area is 262 Å². The van der Waals surface area contributed by atoms with Gasteiger partial charge in [0.2, 0.25) is 5.88 Å². The van der Waals surface area contributed by atoms with Gasteiger partial charge in [0.25, 0.3) is 15.9 Å². The minimum Gasteiger partial charge on any atom is -0.454 e. The van der Waals surface area contributed by atoms with E-state index in [1.165, 1.54) is 18.2 Å². The maximum Gasteiger partial charge on any atom is 0.281 e. The maximum atomic E-state index is 13.4. The molecule has 0 saturated carbocycles. The molecule has 1 saturated heterocycles. The smallest absolute Gasteiger partial charge is 0.281 e. The molecule has 4 heterocycles. The van der Waals surface area contributed by atoms with Crippen molar-refractivity contribution in [1.29, 1.82) is 0 Å². The lowest BCUT2D eigenvalue weighted by atomic mass is 10.1. The first-order chi connectivity index (χ1) is 21.4. The number of carbonyl (C=O) groups excluding carboxylic acids is 1. The first kappa shape index (κ1) is 31.8. The second-order valence-corrected chi connectivity index (χ2v) is 13.0. The molecule has 1 unspecified atom stereocenters. The molecule has 5 N–H and O–H groups in total. The van der Waals surface area contributed by atoms with Crippen LogP contribution in [-0.4, -0.2) is 53.7 Å². The zero-order valence-corrected chi connectivity index (χ0v) is 26.2. The Morgan fingerprint density at radius 3 is 2.40 bits per heavy atom. The Bertz CT molecular complexity index is 1740. The van der Waals surface area contributed by atoms with Gasteiger partial charge in [-0.25, -0.2) is 19.7 Å². The van der Waals surface area contributed by atoms with Crippen molar-refractivity contribution in [3.8, 4) is 17.1 Å². The molecule has 4 aromatic rings. The lowest BCUT2D eigenvalue weighted by Gasteiger charge is -2.29. The zero-order chi connectivity index (χ0) is 32.2. The fourth-order valence-electron chi connectivity index (χ4n) is 5.21. The molecule has 12 nitrogen and oxygen atoms in total. The number of benzene rings is 1. The van der Waals surface area contributed by atoms with Crippen molar-refractivity contribution in [2.75, 3.05) is 17.2 Å². The van der Waals surface area contributed by atoms with Crippen LogP contribution in [0.4, 0.5) is 11.6 Å². The molecule has 1 amide bonds. The molecule has 0 aliphatic carbocycles. The van der Waals surface area contributed by atoms with Crippen molar-refractivity contribution in [1.82, 2.24) is 19.7 Å². The Hall–Kier alpha value is -4.59. The molecular formula is C32H37N7O5S. The molecule has 5 rings (SSSR count). The summed E-state index contributed by atoms with van der Waals surface area (Å²) < 4.78 is 39.7. The number of amides is 1. The maximum absolute atomic E-state index is 13.4. The molecule has 1 aromatic carbocycles. The number of ether oxygens (including phenoxy) is 2. The minimum atomic E-state index is -4.28. The number of pyridine rings is 3. The summed E-state index contributed by atoms with van der Waals surface area (Å²) in [4.78, 5) is 28.6. The molecule has 3 aromatic heterocycles. The summed E-state index contributed by atoms with van der Waals surface area (Å²) >= 11 is 0. The van der Waals surface area contributed by atoms with E-state index in [1.54, 1.807) is 37.4 Å². The van der Waals surface area contributed by atoms with Gasteiger partial charge in [-0.1, -0.05) is 36.4 Å². The van der Waals surface area contributed by atoms with Gasteiger partial charge in [0, 0.05) is 29.9 Å². The van der Waals surface area contributed by atoms with Crippen LogP contribution in [0.3, 0.4) is 0 Å². The van der Waals surface area contributed by atoms with Crippen molar-refractivity contribution in [2.24, 2.45) is 5.73 Å². The van der Waals surface area contributed by atoms with E-state index < -0.39 is 21.7 Å². The topological polar surface area (TPSA) is 176 Å². The van der Waals surface area contributed by atoms with Gasteiger partial charge in [-0.3, -0.25) is 10.5 Å². The highest BCUT2D eigenvalue weighted by Gasteiger charge is 2.33. The first-order valence-electron chi connectivity index (χ1n) is 14.6. The zero-order valence-electron chi connectivity index (χ0n) is 25.4. The average molecular weight is 632 g/mol. The van der Waals surface area contributed by atoms with Gasteiger partial charge in [-0.15, -0.1) is 0 Å². The van der Waals surface area contributed by atoms with Crippen LogP contribution in [-0.2, 0) is 21.4 Å². The number of hydrogen-bond donors (Lipinski definition) is 3. The van der Waals surface area contributed by atoms with Gasteiger partial charge in [0.1, 0.15) is 18.2 Å². The number of aromatic nitrogens is 3. The quantitative estimate of drug-likeness (QED) is 0.205. The Balaban J connectivity index is 1.35. The van der Waals surface area contributed by atoms with E-state index in [2.05, 4.69) is 14.7 Å². The number of nitrogens with one attached hydrogen (secondary N) is 1. The van der Waals surface area contributed by atoms with Crippen molar-refractivity contribution < 1.29 is 22.7 Å². The summed E-state index contributed by atoms with van der Waals surface area (Å²) in [7, 11) is -4.28. The Kier molecular flexibility index (Phi) is 9.32. The third kappa shape index (κ3) is 7.74. The highest BCUT2D eigenvalue weighted by Crippen LogP contribution is 2.33. The summed E-state index contributed by atoms with van der Waals surface area (Å²) in [6.07, 6.45) is 3.41. The van der Waals surface area contributed by atoms with Gasteiger partial charge in [0.15, 0.2) is 10.8 Å². The summed E-state index contributed by atoms with van der Waals surface area (Å²) in [5.74, 6) is -0.110. The number of nitrogen functional groups attached to an aromatic ring is 1. The van der Waals surface area contributed by atoms with Gasteiger partial charge in [-0.2, -0.15) is 8.42 Å². The average Bonchev–Trinajstić information content (AvgIpc) is 3.34. The normalized spacial score (nSPS) is 17.9. The molecular weight excluding hydrogens is 594 g/mol. The van der Waals surface area contributed by atoms with Gasteiger partial charge >= 0.3 is 0 Å². The molecule has 1 aliphatic rings. The molecule has 1 fully saturated rings. The Morgan fingerprint density at radius 2 is 1.73 bits per heavy atom. The molecule has 0 spiro atoms. The lowest BCUT2D eigenvalue weighted by Crippen LogP contribution is -2.47. The molecule has 236 valence electrons. The van der Waals surface area contributed by atoms with Crippen LogP contribution >= 0.6 is 0 Å². The third-order valence-electron chi connectivity index (χ3n) is 7.43. The molecule has 0 radical (unpaired) electrons. The lowest BCUT2D eigenvalue weighted by molar-refractivity contribution is -0.0202. The number of nitrogens with two attached hydrogens (primary N) is 2. The van der Waals surface area contributed by atoms with Crippen molar-refractivity contribution in [3.63, 3.8) is 0 Å². The van der Waals surface area contributed by atoms with Crippen molar-refractivity contribution in [2.45, 2.75) is 63.1 Å². The number of sulfonamides is 1. The molecule has 0 bridgehead atoms. The second kappa shape index (κ2) is 13.2. The van der Waals surface area contributed by atoms with Gasteiger partial charge in [-0.05, 0) is 69.5 Å². The highest BCUT2D eigenvalue weighted by molar-refractivity contribution is 7.90. The Morgan fingerprint density at radius 1 is 1.00 bits per heavy atom. The number of carbonyl (C=O) groups is 1. The predicted octanol–water partition coefficient (Wildman–Crippen LogP) is 3.89. The highest BCUT2D eigenvalue weighted by atomic mass is 32.2. The molecule has 1 aliphatic heterocycles. The monoisotopic (exact) mass is 631 g/mol. The fourth-order valence-corrected chi connectivity index (χ4v) is 6.15. The van der Waals surface area contributed by atoms with Crippen LogP contribution in [0.2, 0.25) is 0 Å². The fraction of sp³-hybridized carbons (Fsp3) is 0.312. The van der Waals surface area contributed by atoms with E-state index in [-0.39, 0.29) is 35.1 Å². The summed E-state index contributed by atoms with van der Waals surface area (Å²) in [6, 6.07) is 20.8. The summed E-state index contributed by atoms with van der Waals surface area (Å²) in [5.41, 5.74) is 13.2. The largest absolute Gasteiger partial charge is 0.454 e. The first-order valence-corrected chi connectivity index (χ1v) is 16.1. The van der Waals surface area contributed by atoms with Crippen LogP contribution in [0.25, 0.3) is 11.3 Å². The van der Waals surface area contributed by atoms with Crippen molar-refractivity contribution >= 4 is 27.6 Å². The van der Waals surface area contributed by atoms with E-state index >= 15 is 0 Å². The van der Waals surface area contributed by atoms with Crippen LogP contribution in [0.1, 0.15) is 49.5 Å². The standard InChI is InChI=1S/C32H37N7O5S/c1-21-12-13-22(2)39(21)30-25(31(40)38-45(41,42)29-11-7-10-27(33)37-29)15-16-26(36-30)24-14-17-28(35-18-24)44-32(3,34)20-43-19-23-8-5-4-6-9-23/h4-11,14-18,21-22H,12-13,19-20,34H2,1-3H3,(H2,33,37)(H,38,40)/t21-,22+,32?. The third-order valence-corrected chi connectivity index (χ3v) is 8.67. The predicted molar refractivity (Wildman–Crippen MR) is 171 cm³/mol. The van der Waals surface area contributed by atoms with Crippen LogP contribution < -0.4 is 25.8 Å². The number of nitrogens with zero attached hydrogens (tertiary/aromatic N) is 4.